The number of benzene rings is 1. The molecule has 3 heterocycles. The van der Waals surface area contributed by atoms with Crippen LogP contribution in [0.5, 0.6) is 5.75 Å². The lowest BCUT2D eigenvalue weighted by Gasteiger charge is -2.07. The molecule has 1 aromatic carbocycles. The Morgan fingerprint density at radius 3 is 2.78 bits per heavy atom. The van der Waals surface area contributed by atoms with Gasteiger partial charge in [-0.1, -0.05) is 6.07 Å². The predicted octanol–water partition coefficient (Wildman–Crippen LogP) is 3.87. The molecule has 0 spiro atoms. The highest BCUT2D eigenvalue weighted by molar-refractivity contribution is 6.03. The highest BCUT2D eigenvalue weighted by Gasteiger charge is 2.08. The van der Waals surface area contributed by atoms with E-state index < -0.39 is 0 Å². The third kappa shape index (κ3) is 3.95. The minimum atomic E-state index is -0.208. The van der Waals surface area contributed by atoms with Crippen molar-refractivity contribution in [2.24, 2.45) is 0 Å². The number of aromatic nitrogens is 3. The number of amides is 1. The molecule has 0 aliphatic heterocycles. The summed E-state index contributed by atoms with van der Waals surface area (Å²) < 4.78 is 7.72. The highest BCUT2D eigenvalue weighted by atomic mass is 16.5. The van der Waals surface area contributed by atoms with Crippen molar-refractivity contribution in [1.82, 2.24) is 14.4 Å². The van der Waals surface area contributed by atoms with E-state index in [1.54, 1.807) is 30.5 Å². The van der Waals surface area contributed by atoms with E-state index in [0.717, 1.165) is 16.9 Å². The first-order chi connectivity index (χ1) is 13.2. The third-order valence-electron chi connectivity index (χ3n) is 4.07. The number of carbonyl (C=O) groups excluding carboxylic acids is 1. The molecule has 0 fully saturated rings. The van der Waals surface area contributed by atoms with Gasteiger partial charge in [-0.05, 0) is 61.0 Å². The van der Waals surface area contributed by atoms with Crippen LogP contribution in [-0.2, 0) is 6.61 Å². The van der Waals surface area contributed by atoms with Crippen molar-refractivity contribution in [3.8, 4) is 5.75 Å². The molecule has 0 unspecified atom stereocenters. The van der Waals surface area contributed by atoms with Gasteiger partial charge in [-0.2, -0.15) is 0 Å². The van der Waals surface area contributed by atoms with Crippen molar-refractivity contribution in [1.29, 1.82) is 0 Å². The topological polar surface area (TPSA) is 68.5 Å². The molecule has 0 aliphatic carbocycles. The monoisotopic (exact) mass is 358 g/mol. The third-order valence-corrected chi connectivity index (χ3v) is 4.07. The Balaban J connectivity index is 1.38. The fourth-order valence-corrected chi connectivity index (χ4v) is 2.71. The second kappa shape index (κ2) is 7.29. The molecule has 6 nitrogen and oxygen atoms in total. The summed E-state index contributed by atoms with van der Waals surface area (Å²) in [6.45, 7) is 2.31. The fourth-order valence-electron chi connectivity index (χ4n) is 2.71. The first-order valence-electron chi connectivity index (χ1n) is 8.57. The minimum Gasteiger partial charge on any atom is -0.487 e. The molecule has 0 aliphatic rings. The minimum absolute atomic E-state index is 0.208. The SMILES string of the molecule is Cc1ccnc(NC(=O)c2ccc(OCc3cn4ccccc4n3)cc2)c1. The van der Waals surface area contributed by atoms with Gasteiger partial charge in [-0.15, -0.1) is 0 Å². The molecule has 0 saturated heterocycles. The molecule has 1 amide bonds. The van der Waals surface area contributed by atoms with Crippen LogP contribution in [-0.4, -0.2) is 20.3 Å². The Labute approximate surface area is 156 Å². The van der Waals surface area contributed by atoms with Crippen molar-refractivity contribution in [3.63, 3.8) is 0 Å². The molecule has 3 aromatic heterocycles. The van der Waals surface area contributed by atoms with Crippen molar-refractivity contribution >= 4 is 17.4 Å². The number of hydrogen-bond donors (Lipinski definition) is 1. The fraction of sp³-hybridized carbons (Fsp3) is 0.0952. The van der Waals surface area contributed by atoms with Crippen LogP contribution in [0.2, 0.25) is 0 Å². The first kappa shape index (κ1) is 16.8. The maximum atomic E-state index is 12.3. The second-order valence-corrected chi connectivity index (χ2v) is 6.18. The van der Waals surface area contributed by atoms with Crippen molar-refractivity contribution in [2.75, 3.05) is 5.32 Å². The molecule has 134 valence electrons. The van der Waals surface area contributed by atoms with E-state index in [9.17, 15) is 4.79 Å². The Morgan fingerprint density at radius 2 is 2.00 bits per heavy atom. The summed E-state index contributed by atoms with van der Waals surface area (Å²) in [5, 5.41) is 2.79. The summed E-state index contributed by atoms with van der Waals surface area (Å²) >= 11 is 0. The normalized spacial score (nSPS) is 10.7. The molecule has 1 N–H and O–H groups in total. The Bertz CT molecular complexity index is 1050. The number of nitrogens with one attached hydrogen (secondary N) is 1. The number of rotatable bonds is 5. The Kier molecular flexibility index (Phi) is 4.53. The molecule has 4 rings (SSSR count). The van der Waals surface area contributed by atoms with E-state index in [1.165, 1.54) is 0 Å². The van der Waals surface area contributed by atoms with Gasteiger partial charge in [0.05, 0.1) is 5.69 Å². The van der Waals surface area contributed by atoms with Crippen LogP contribution < -0.4 is 10.1 Å². The number of nitrogens with zero attached hydrogens (tertiary/aromatic N) is 3. The summed E-state index contributed by atoms with van der Waals surface area (Å²) in [5.41, 5.74) is 3.30. The van der Waals surface area contributed by atoms with Crippen LogP contribution in [0.4, 0.5) is 5.82 Å². The molecular formula is C21H18N4O2. The number of ether oxygens (including phenoxy) is 1. The van der Waals surface area contributed by atoms with Crippen LogP contribution in [0.3, 0.4) is 0 Å². The molecule has 27 heavy (non-hydrogen) atoms. The van der Waals surface area contributed by atoms with Gasteiger partial charge >= 0.3 is 0 Å². The van der Waals surface area contributed by atoms with E-state index in [-0.39, 0.29) is 5.91 Å². The van der Waals surface area contributed by atoms with E-state index in [4.69, 9.17) is 4.74 Å². The van der Waals surface area contributed by atoms with Crippen molar-refractivity contribution in [2.45, 2.75) is 13.5 Å². The summed E-state index contributed by atoms with van der Waals surface area (Å²) in [7, 11) is 0. The maximum Gasteiger partial charge on any atom is 0.256 e. The molecule has 6 heteroatoms. The van der Waals surface area contributed by atoms with Gasteiger partial charge < -0.3 is 14.5 Å². The molecular weight excluding hydrogens is 340 g/mol. The number of hydrogen-bond acceptors (Lipinski definition) is 4. The lowest BCUT2D eigenvalue weighted by molar-refractivity contribution is 0.102. The zero-order valence-corrected chi connectivity index (χ0v) is 14.8. The van der Waals surface area contributed by atoms with Gasteiger partial charge in [0.2, 0.25) is 0 Å². The van der Waals surface area contributed by atoms with Gasteiger partial charge in [0.15, 0.2) is 0 Å². The standard InChI is InChI=1S/C21H18N4O2/c1-15-9-10-22-19(12-15)24-21(26)16-5-7-18(8-6-16)27-14-17-13-25-11-3-2-4-20(25)23-17/h2-13H,14H2,1H3,(H,22,24,26). The van der Waals surface area contributed by atoms with Crippen LogP contribution in [0.15, 0.2) is 73.2 Å². The summed E-state index contributed by atoms with van der Waals surface area (Å²) in [6, 6.07) is 16.5. The van der Waals surface area contributed by atoms with Crippen LogP contribution >= 0.6 is 0 Å². The average molecular weight is 358 g/mol. The summed E-state index contributed by atoms with van der Waals surface area (Å²) in [5.74, 6) is 1.00. The van der Waals surface area contributed by atoms with Crippen LogP contribution in [0.25, 0.3) is 5.65 Å². The number of carbonyl (C=O) groups is 1. The average Bonchev–Trinajstić information content (AvgIpc) is 3.10. The molecule has 0 saturated carbocycles. The van der Waals surface area contributed by atoms with Gasteiger partial charge in [0.25, 0.3) is 5.91 Å². The summed E-state index contributed by atoms with van der Waals surface area (Å²) in [6.07, 6.45) is 5.55. The number of anilines is 1. The van der Waals surface area contributed by atoms with Gasteiger partial charge in [-0.3, -0.25) is 4.79 Å². The molecule has 4 aromatic rings. The van der Waals surface area contributed by atoms with Gasteiger partial charge in [0, 0.05) is 24.2 Å². The predicted molar refractivity (Wildman–Crippen MR) is 103 cm³/mol. The Morgan fingerprint density at radius 1 is 1.15 bits per heavy atom. The van der Waals surface area contributed by atoms with Crippen molar-refractivity contribution < 1.29 is 9.53 Å². The first-order valence-corrected chi connectivity index (χ1v) is 8.57. The zero-order chi connectivity index (χ0) is 18.6. The maximum absolute atomic E-state index is 12.3. The molecule has 0 bridgehead atoms. The number of pyridine rings is 2. The largest absolute Gasteiger partial charge is 0.487 e. The lowest BCUT2D eigenvalue weighted by atomic mass is 10.2. The van der Waals surface area contributed by atoms with Crippen LogP contribution in [0.1, 0.15) is 21.6 Å². The number of fused-ring (bicyclic) bond motifs is 1. The van der Waals surface area contributed by atoms with E-state index >= 15 is 0 Å². The smallest absolute Gasteiger partial charge is 0.256 e. The quantitative estimate of drug-likeness (QED) is 0.588. The van der Waals surface area contributed by atoms with E-state index in [0.29, 0.717) is 23.7 Å². The number of aryl methyl sites for hydroxylation is 1. The molecule has 0 radical (unpaired) electrons. The zero-order valence-electron chi connectivity index (χ0n) is 14.8. The second-order valence-electron chi connectivity index (χ2n) is 6.18. The van der Waals surface area contributed by atoms with Crippen molar-refractivity contribution in [3.05, 3.63) is 90.0 Å². The number of imidazole rings is 1. The van der Waals surface area contributed by atoms with Gasteiger partial charge in [0.1, 0.15) is 23.8 Å². The molecule has 0 atom stereocenters. The van der Waals surface area contributed by atoms with E-state index in [2.05, 4.69) is 15.3 Å². The van der Waals surface area contributed by atoms with Crippen LogP contribution in [0, 0.1) is 6.92 Å². The van der Waals surface area contributed by atoms with E-state index in [1.807, 2.05) is 54.0 Å². The Hall–Kier alpha value is -3.67. The summed E-state index contributed by atoms with van der Waals surface area (Å²) in [4.78, 5) is 20.9. The van der Waals surface area contributed by atoms with Gasteiger partial charge in [-0.25, -0.2) is 9.97 Å². The lowest BCUT2D eigenvalue weighted by Crippen LogP contribution is -2.12. The highest BCUT2D eigenvalue weighted by Crippen LogP contribution is 2.16.